The molecule has 0 saturated heterocycles. The second kappa shape index (κ2) is 5.10. The smallest absolute Gasteiger partial charge is 0.175 e. The molecule has 0 amide bonds. The summed E-state index contributed by atoms with van der Waals surface area (Å²) in [7, 11) is -3.19. The minimum Gasteiger partial charge on any atom is -0.294 e. The molecule has 0 aromatic heterocycles. The van der Waals surface area contributed by atoms with Gasteiger partial charge in [0.1, 0.15) is 0 Å². The average Bonchev–Trinajstić information content (AvgIpc) is 2.26. The van der Waals surface area contributed by atoms with Gasteiger partial charge in [0.05, 0.1) is 4.90 Å². The summed E-state index contributed by atoms with van der Waals surface area (Å²) >= 11 is 3.24. The average molecular weight is 305 g/mol. The van der Waals surface area contributed by atoms with Gasteiger partial charge in [-0.25, -0.2) is 8.42 Å². The van der Waals surface area contributed by atoms with E-state index in [-0.39, 0.29) is 16.6 Å². The highest BCUT2D eigenvalue weighted by atomic mass is 79.9. The first-order chi connectivity index (χ1) is 7.36. The lowest BCUT2D eigenvalue weighted by Gasteiger charge is -2.06. The molecule has 0 heterocycles. The fourth-order valence-corrected chi connectivity index (χ4v) is 2.15. The minimum atomic E-state index is -3.19. The zero-order valence-electron chi connectivity index (χ0n) is 9.10. The SMILES string of the molecule is CC(CBr)C(=O)c1ccc(S(C)(=O)=O)cc1. The van der Waals surface area contributed by atoms with Gasteiger partial charge in [0, 0.05) is 23.1 Å². The van der Waals surface area contributed by atoms with Crippen LogP contribution in [0.15, 0.2) is 29.2 Å². The maximum atomic E-state index is 11.8. The number of benzene rings is 1. The quantitative estimate of drug-likeness (QED) is 0.633. The van der Waals surface area contributed by atoms with Crippen molar-refractivity contribution in [3.63, 3.8) is 0 Å². The van der Waals surface area contributed by atoms with Gasteiger partial charge >= 0.3 is 0 Å². The van der Waals surface area contributed by atoms with Crippen molar-refractivity contribution in [3.05, 3.63) is 29.8 Å². The Morgan fingerprint density at radius 3 is 2.19 bits per heavy atom. The molecule has 1 unspecified atom stereocenters. The molecule has 16 heavy (non-hydrogen) atoms. The summed E-state index contributed by atoms with van der Waals surface area (Å²) in [5.74, 6) is -0.0963. The Bertz CT molecular complexity index is 476. The molecule has 1 rings (SSSR count). The van der Waals surface area contributed by atoms with Gasteiger partial charge in [-0.1, -0.05) is 35.0 Å². The van der Waals surface area contributed by atoms with Crippen LogP contribution in [0.2, 0.25) is 0 Å². The van der Waals surface area contributed by atoms with E-state index in [0.29, 0.717) is 10.9 Å². The summed E-state index contributed by atoms with van der Waals surface area (Å²) in [4.78, 5) is 12.0. The van der Waals surface area contributed by atoms with Gasteiger partial charge in [-0.05, 0) is 12.1 Å². The van der Waals surface area contributed by atoms with Crippen molar-refractivity contribution in [2.75, 3.05) is 11.6 Å². The number of hydrogen-bond acceptors (Lipinski definition) is 3. The lowest BCUT2D eigenvalue weighted by Crippen LogP contribution is -2.12. The number of rotatable bonds is 4. The Morgan fingerprint density at radius 1 is 1.31 bits per heavy atom. The maximum absolute atomic E-state index is 11.8. The molecule has 0 saturated carbocycles. The Labute approximate surface area is 104 Å². The van der Waals surface area contributed by atoms with E-state index < -0.39 is 9.84 Å². The van der Waals surface area contributed by atoms with Crippen LogP contribution >= 0.6 is 15.9 Å². The zero-order valence-corrected chi connectivity index (χ0v) is 11.5. The molecule has 0 aliphatic carbocycles. The van der Waals surface area contributed by atoms with Crippen LogP contribution in [0.1, 0.15) is 17.3 Å². The Hall–Kier alpha value is -0.680. The number of hydrogen-bond donors (Lipinski definition) is 0. The van der Waals surface area contributed by atoms with Gasteiger partial charge in [0.25, 0.3) is 0 Å². The lowest BCUT2D eigenvalue weighted by molar-refractivity contribution is 0.0942. The van der Waals surface area contributed by atoms with E-state index in [2.05, 4.69) is 15.9 Å². The van der Waals surface area contributed by atoms with E-state index >= 15 is 0 Å². The van der Waals surface area contributed by atoms with Crippen molar-refractivity contribution in [1.29, 1.82) is 0 Å². The second-order valence-electron chi connectivity index (χ2n) is 3.72. The van der Waals surface area contributed by atoms with E-state index in [1.54, 1.807) is 12.1 Å². The highest BCUT2D eigenvalue weighted by Gasteiger charge is 2.14. The molecule has 0 aliphatic rings. The number of carbonyl (C=O) groups excluding carboxylic acids is 1. The van der Waals surface area contributed by atoms with Gasteiger partial charge in [0.2, 0.25) is 0 Å². The van der Waals surface area contributed by atoms with E-state index in [4.69, 9.17) is 0 Å². The number of Topliss-reactive ketones (excluding diaryl/α,β-unsaturated/α-hetero) is 1. The summed E-state index contributed by atoms with van der Waals surface area (Å²) in [6.07, 6.45) is 1.14. The molecule has 0 aliphatic heterocycles. The van der Waals surface area contributed by atoms with Crippen LogP contribution in [-0.2, 0) is 9.84 Å². The van der Waals surface area contributed by atoms with E-state index in [1.165, 1.54) is 12.1 Å². The van der Waals surface area contributed by atoms with Gasteiger partial charge < -0.3 is 0 Å². The van der Waals surface area contributed by atoms with Gasteiger partial charge in [-0.15, -0.1) is 0 Å². The monoisotopic (exact) mass is 304 g/mol. The standard InChI is InChI=1S/C11H13BrO3S/c1-8(7-12)11(13)9-3-5-10(6-4-9)16(2,14)15/h3-6,8H,7H2,1-2H3. The van der Waals surface area contributed by atoms with Crippen LogP contribution in [0.5, 0.6) is 0 Å². The number of ketones is 1. The summed E-state index contributed by atoms with van der Waals surface area (Å²) in [6.45, 7) is 1.82. The van der Waals surface area contributed by atoms with Crippen LogP contribution in [0, 0.1) is 5.92 Å². The van der Waals surface area contributed by atoms with Crippen LogP contribution < -0.4 is 0 Å². The third-order valence-electron chi connectivity index (χ3n) is 2.25. The molecule has 0 N–H and O–H groups in total. The number of carbonyl (C=O) groups is 1. The molecule has 1 atom stereocenters. The zero-order chi connectivity index (χ0) is 12.3. The van der Waals surface area contributed by atoms with Crippen molar-refractivity contribution >= 4 is 31.6 Å². The Morgan fingerprint density at radius 2 is 1.81 bits per heavy atom. The largest absolute Gasteiger partial charge is 0.294 e. The minimum absolute atomic E-state index is 0.0110. The molecule has 88 valence electrons. The highest BCUT2D eigenvalue weighted by Crippen LogP contribution is 2.14. The fourth-order valence-electron chi connectivity index (χ4n) is 1.22. The molecule has 0 fully saturated rings. The molecule has 3 nitrogen and oxygen atoms in total. The predicted molar refractivity (Wildman–Crippen MR) is 66.8 cm³/mol. The number of alkyl halides is 1. The molecule has 1 aromatic rings. The molecule has 0 bridgehead atoms. The summed E-state index contributed by atoms with van der Waals surface area (Å²) in [6, 6.07) is 6.03. The molecule has 5 heteroatoms. The Balaban J connectivity index is 3.00. The third kappa shape index (κ3) is 3.15. The van der Waals surface area contributed by atoms with Gasteiger partial charge in [-0.3, -0.25) is 4.79 Å². The van der Waals surface area contributed by atoms with Crippen molar-refractivity contribution in [3.8, 4) is 0 Å². The van der Waals surface area contributed by atoms with E-state index in [0.717, 1.165) is 6.26 Å². The van der Waals surface area contributed by atoms with Crippen LogP contribution in [0.3, 0.4) is 0 Å². The summed E-state index contributed by atoms with van der Waals surface area (Å²) in [5.41, 5.74) is 0.541. The second-order valence-corrected chi connectivity index (χ2v) is 6.38. The third-order valence-corrected chi connectivity index (χ3v) is 4.35. The maximum Gasteiger partial charge on any atom is 0.175 e. The molecule has 0 spiro atoms. The summed E-state index contributed by atoms with van der Waals surface area (Å²) < 4.78 is 22.4. The van der Waals surface area contributed by atoms with Gasteiger partial charge in [0.15, 0.2) is 15.6 Å². The topological polar surface area (TPSA) is 51.2 Å². The highest BCUT2D eigenvalue weighted by molar-refractivity contribution is 9.09. The van der Waals surface area contributed by atoms with Crippen molar-refractivity contribution < 1.29 is 13.2 Å². The van der Waals surface area contributed by atoms with Crippen LogP contribution in [0.4, 0.5) is 0 Å². The van der Waals surface area contributed by atoms with E-state index in [1.807, 2.05) is 6.92 Å². The summed E-state index contributed by atoms with van der Waals surface area (Å²) in [5, 5.41) is 0.597. The molecular formula is C11H13BrO3S. The van der Waals surface area contributed by atoms with Crippen LogP contribution in [-0.4, -0.2) is 25.8 Å². The van der Waals surface area contributed by atoms with E-state index in [9.17, 15) is 13.2 Å². The molecule has 1 aromatic carbocycles. The first-order valence-corrected chi connectivity index (χ1v) is 7.78. The van der Waals surface area contributed by atoms with Crippen molar-refractivity contribution in [2.24, 2.45) is 5.92 Å². The number of sulfone groups is 1. The van der Waals surface area contributed by atoms with Crippen molar-refractivity contribution in [2.45, 2.75) is 11.8 Å². The normalized spacial score (nSPS) is 13.4. The molecule has 0 radical (unpaired) electrons. The predicted octanol–water partition coefficient (Wildman–Crippen LogP) is 2.30. The first-order valence-electron chi connectivity index (χ1n) is 4.76. The lowest BCUT2D eigenvalue weighted by atomic mass is 10.0. The molecular weight excluding hydrogens is 292 g/mol. The van der Waals surface area contributed by atoms with Crippen LogP contribution in [0.25, 0.3) is 0 Å². The Kier molecular flexibility index (Phi) is 4.27. The van der Waals surface area contributed by atoms with Gasteiger partial charge in [-0.2, -0.15) is 0 Å². The fraction of sp³-hybridized carbons (Fsp3) is 0.364. The number of halogens is 1. The first kappa shape index (κ1) is 13.4. The van der Waals surface area contributed by atoms with Crippen molar-refractivity contribution in [1.82, 2.24) is 0 Å².